The molecule has 0 radical (unpaired) electrons. The summed E-state index contributed by atoms with van der Waals surface area (Å²) in [5.74, 6) is 1.80. The summed E-state index contributed by atoms with van der Waals surface area (Å²) in [6.45, 7) is 0. The van der Waals surface area contributed by atoms with Crippen LogP contribution in [0.5, 0.6) is 11.5 Å². The van der Waals surface area contributed by atoms with E-state index < -0.39 is 5.41 Å². The van der Waals surface area contributed by atoms with Gasteiger partial charge in [0.15, 0.2) is 0 Å². The number of hydrogen-bond acceptors (Lipinski definition) is 2. The fourth-order valence-electron chi connectivity index (χ4n) is 10.0. The Kier molecular flexibility index (Phi) is 8.76. The Morgan fingerprint density at radius 2 is 0.603 bits per heavy atom. The highest BCUT2D eigenvalue weighted by molar-refractivity contribution is 5.89. The van der Waals surface area contributed by atoms with E-state index >= 15 is 0 Å². The van der Waals surface area contributed by atoms with E-state index in [4.69, 9.17) is 4.74 Å². The highest BCUT2D eigenvalue weighted by Gasteiger charge is 2.51. The lowest BCUT2D eigenvalue weighted by atomic mass is 9.66. The number of para-hydroxylation sites is 2. The minimum atomic E-state index is -0.499. The SMILES string of the molecule is c1ccc(-c2ccc(-c3ccc(-c4ccc(N(c5ccccc5)c5ccc(-c6ccc7c(c6)C6(c8ccccc8O7)c7ccccc7-c7ccccc76)cc5)cc4)cc3)cc2)cc1. The third-order valence-corrected chi connectivity index (χ3v) is 13.0. The van der Waals surface area contributed by atoms with Crippen molar-refractivity contribution >= 4 is 17.1 Å². The van der Waals surface area contributed by atoms with Crippen molar-refractivity contribution in [1.29, 1.82) is 0 Å². The normalized spacial score (nSPS) is 12.7. The molecular formula is C61H41NO. The van der Waals surface area contributed by atoms with E-state index in [2.05, 4.69) is 254 Å². The van der Waals surface area contributed by atoms with Crippen LogP contribution in [0.25, 0.3) is 55.6 Å². The van der Waals surface area contributed by atoms with Crippen LogP contribution in [0.3, 0.4) is 0 Å². The van der Waals surface area contributed by atoms with Gasteiger partial charge in [-0.25, -0.2) is 0 Å². The average Bonchev–Trinajstić information content (AvgIpc) is 3.66. The minimum Gasteiger partial charge on any atom is -0.457 e. The molecule has 1 aliphatic carbocycles. The molecule has 296 valence electrons. The molecule has 0 fully saturated rings. The zero-order chi connectivity index (χ0) is 41.7. The first kappa shape index (κ1) is 36.6. The lowest BCUT2D eigenvalue weighted by Gasteiger charge is -2.39. The fraction of sp³-hybridized carbons (Fsp3) is 0.0164. The molecule has 0 bridgehead atoms. The van der Waals surface area contributed by atoms with Crippen LogP contribution < -0.4 is 9.64 Å². The molecule has 0 amide bonds. The molecule has 1 aliphatic heterocycles. The van der Waals surface area contributed by atoms with Crippen LogP contribution in [0.1, 0.15) is 22.3 Å². The van der Waals surface area contributed by atoms with Crippen molar-refractivity contribution in [3.05, 3.63) is 271 Å². The fourth-order valence-corrected chi connectivity index (χ4v) is 10.0. The van der Waals surface area contributed by atoms with Crippen LogP contribution in [0.2, 0.25) is 0 Å². The summed E-state index contributed by atoms with van der Waals surface area (Å²) < 4.78 is 6.70. The second kappa shape index (κ2) is 15.1. The van der Waals surface area contributed by atoms with Crippen LogP contribution in [-0.4, -0.2) is 0 Å². The zero-order valence-corrected chi connectivity index (χ0v) is 34.5. The molecule has 2 nitrogen and oxygen atoms in total. The predicted molar refractivity (Wildman–Crippen MR) is 260 cm³/mol. The maximum Gasteiger partial charge on any atom is 0.132 e. The first-order valence-electron chi connectivity index (χ1n) is 21.7. The number of benzene rings is 10. The van der Waals surface area contributed by atoms with Crippen molar-refractivity contribution in [2.45, 2.75) is 5.41 Å². The summed E-state index contributed by atoms with van der Waals surface area (Å²) in [4.78, 5) is 2.33. The highest BCUT2D eigenvalue weighted by atomic mass is 16.5. The summed E-state index contributed by atoms with van der Waals surface area (Å²) in [5.41, 5.74) is 19.8. The molecule has 0 saturated heterocycles. The first-order valence-corrected chi connectivity index (χ1v) is 21.7. The minimum absolute atomic E-state index is 0.499. The second-order valence-electron chi connectivity index (χ2n) is 16.4. The van der Waals surface area contributed by atoms with Gasteiger partial charge in [-0.15, -0.1) is 0 Å². The molecule has 12 rings (SSSR count). The van der Waals surface area contributed by atoms with E-state index in [9.17, 15) is 0 Å². The molecule has 0 unspecified atom stereocenters. The van der Waals surface area contributed by atoms with Crippen LogP contribution in [0, 0.1) is 0 Å². The molecule has 0 N–H and O–H groups in total. The van der Waals surface area contributed by atoms with Gasteiger partial charge in [-0.05, 0) is 121 Å². The predicted octanol–water partition coefficient (Wildman–Crippen LogP) is 16.3. The molecular weight excluding hydrogens is 763 g/mol. The van der Waals surface area contributed by atoms with E-state index in [0.29, 0.717) is 0 Å². The van der Waals surface area contributed by atoms with Gasteiger partial charge in [0.1, 0.15) is 11.5 Å². The Balaban J connectivity index is 0.862. The van der Waals surface area contributed by atoms with Gasteiger partial charge in [0, 0.05) is 28.2 Å². The topological polar surface area (TPSA) is 12.5 Å². The lowest BCUT2D eigenvalue weighted by molar-refractivity contribution is 0.436. The Morgan fingerprint density at radius 3 is 1.13 bits per heavy atom. The van der Waals surface area contributed by atoms with Crippen LogP contribution >= 0.6 is 0 Å². The van der Waals surface area contributed by atoms with Gasteiger partial charge in [0.05, 0.1) is 5.41 Å². The smallest absolute Gasteiger partial charge is 0.132 e. The Morgan fingerprint density at radius 1 is 0.254 bits per heavy atom. The van der Waals surface area contributed by atoms with Gasteiger partial charge >= 0.3 is 0 Å². The first-order chi connectivity index (χ1) is 31.2. The number of rotatable bonds is 7. The third kappa shape index (κ3) is 6.10. The number of hydrogen-bond donors (Lipinski definition) is 0. The van der Waals surface area contributed by atoms with Gasteiger partial charge < -0.3 is 9.64 Å². The molecule has 2 heteroatoms. The van der Waals surface area contributed by atoms with Crippen molar-refractivity contribution in [3.8, 4) is 67.1 Å². The van der Waals surface area contributed by atoms with Crippen molar-refractivity contribution in [2.24, 2.45) is 0 Å². The van der Waals surface area contributed by atoms with Gasteiger partial charge in [-0.1, -0.05) is 194 Å². The van der Waals surface area contributed by atoms with Gasteiger partial charge in [-0.3, -0.25) is 0 Å². The maximum atomic E-state index is 6.70. The maximum absolute atomic E-state index is 6.70. The van der Waals surface area contributed by atoms with Crippen LogP contribution in [-0.2, 0) is 5.41 Å². The van der Waals surface area contributed by atoms with Crippen LogP contribution in [0.4, 0.5) is 17.1 Å². The van der Waals surface area contributed by atoms with E-state index in [1.165, 1.54) is 66.8 Å². The molecule has 10 aromatic carbocycles. The van der Waals surface area contributed by atoms with E-state index in [-0.39, 0.29) is 0 Å². The van der Waals surface area contributed by atoms with Crippen molar-refractivity contribution < 1.29 is 4.74 Å². The number of fused-ring (bicyclic) bond motifs is 9. The van der Waals surface area contributed by atoms with Crippen molar-refractivity contribution in [2.75, 3.05) is 4.90 Å². The summed E-state index contributed by atoms with van der Waals surface area (Å²) in [5, 5.41) is 0. The Labute approximate surface area is 368 Å². The van der Waals surface area contributed by atoms with E-state index in [1.54, 1.807) is 0 Å². The summed E-state index contributed by atoms with van der Waals surface area (Å²) in [6.07, 6.45) is 0. The quantitative estimate of drug-likeness (QED) is 0.159. The summed E-state index contributed by atoms with van der Waals surface area (Å²) in [6, 6.07) is 89.8. The summed E-state index contributed by atoms with van der Waals surface area (Å²) >= 11 is 0. The average molecular weight is 804 g/mol. The van der Waals surface area contributed by atoms with Crippen LogP contribution in [0.15, 0.2) is 249 Å². The molecule has 0 aromatic heterocycles. The van der Waals surface area contributed by atoms with Gasteiger partial charge in [0.2, 0.25) is 0 Å². The van der Waals surface area contributed by atoms with E-state index in [1.807, 2.05) is 0 Å². The molecule has 1 spiro atoms. The zero-order valence-electron chi connectivity index (χ0n) is 34.5. The van der Waals surface area contributed by atoms with Crippen molar-refractivity contribution in [3.63, 3.8) is 0 Å². The molecule has 0 atom stereocenters. The van der Waals surface area contributed by atoms with Crippen molar-refractivity contribution in [1.82, 2.24) is 0 Å². The molecule has 1 heterocycles. The monoisotopic (exact) mass is 803 g/mol. The number of nitrogens with zero attached hydrogens (tertiary/aromatic N) is 1. The highest BCUT2D eigenvalue weighted by Crippen LogP contribution is 2.62. The molecule has 2 aliphatic rings. The van der Waals surface area contributed by atoms with Gasteiger partial charge in [-0.2, -0.15) is 0 Å². The second-order valence-corrected chi connectivity index (χ2v) is 16.4. The molecule has 0 saturated carbocycles. The standard InChI is InChI=1S/C61H41NO/c1-3-13-42(14-4-1)43-23-25-44(26-24-43)45-27-29-46(30-28-45)47-31-36-51(37-32-47)62(50-15-5-2-6-16-50)52-38-33-48(34-39-52)49-35-40-60-58(41-49)61(57-21-11-12-22-59(57)63-60)55-19-9-7-17-53(55)54-18-8-10-20-56(54)61/h1-41H. The summed E-state index contributed by atoms with van der Waals surface area (Å²) in [7, 11) is 0. The van der Waals surface area contributed by atoms with Gasteiger partial charge in [0.25, 0.3) is 0 Å². The Bertz CT molecular complexity index is 3220. The lowest BCUT2D eigenvalue weighted by Crippen LogP contribution is -2.32. The Hall–Kier alpha value is -8.20. The number of ether oxygens (including phenoxy) is 1. The number of anilines is 3. The molecule has 10 aromatic rings. The molecule has 63 heavy (non-hydrogen) atoms. The third-order valence-electron chi connectivity index (χ3n) is 13.0. The largest absolute Gasteiger partial charge is 0.457 e. The van der Waals surface area contributed by atoms with E-state index in [0.717, 1.165) is 39.7 Å².